The Balaban J connectivity index is 2.12. The summed E-state index contributed by atoms with van der Waals surface area (Å²) in [6, 6.07) is 8.96. The second kappa shape index (κ2) is 5.14. The predicted molar refractivity (Wildman–Crippen MR) is 65.5 cm³/mol. The van der Waals surface area contributed by atoms with Crippen molar-refractivity contribution in [2.75, 3.05) is 0 Å². The average molecular weight is 253 g/mol. The first-order valence-electron chi connectivity index (χ1n) is 4.69. The summed E-state index contributed by atoms with van der Waals surface area (Å²) in [5, 5.41) is 2.52. The van der Waals surface area contributed by atoms with E-state index in [1.807, 2.05) is 17.5 Å². The van der Waals surface area contributed by atoms with Gasteiger partial charge in [0.05, 0.1) is 5.56 Å². The van der Waals surface area contributed by atoms with Gasteiger partial charge in [-0.05, 0) is 29.6 Å². The lowest BCUT2D eigenvalue weighted by atomic mass is 10.2. The van der Waals surface area contributed by atoms with Crippen molar-refractivity contribution < 1.29 is 9.53 Å². The summed E-state index contributed by atoms with van der Waals surface area (Å²) in [4.78, 5) is 11.9. The van der Waals surface area contributed by atoms with Crippen molar-refractivity contribution in [1.29, 1.82) is 0 Å². The lowest BCUT2D eigenvalue weighted by Gasteiger charge is -2.07. The lowest BCUT2D eigenvalue weighted by Crippen LogP contribution is -1.96. The molecule has 0 bridgehead atoms. The van der Waals surface area contributed by atoms with Crippen LogP contribution < -0.4 is 4.74 Å². The van der Waals surface area contributed by atoms with Crippen LogP contribution in [0, 0.1) is 0 Å². The van der Waals surface area contributed by atoms with E-state index in [2.05, 4.69) is 0 Å². The first kappa shape index (κ1) is 11.2. The van der Waals surface area contributed by atoms with Crippen molar-refractivity contribution in [2.45, 2.75) is 6.61 Å². The molecule has 0 fully saturated rings. The smallest absolute Gasteiger partial charge is 0.153 e. The number of thiophene rings is 1. The van der Waals surface area contributed by atoms with Crippen molar-refractivity contribution in [1.82, 2.24) is 0 Å². The van der Waals surface area contributed by atoms with Crippen molar-refractivity contribution in [2.24, 2.45) is 0 Å². The van der Waals surface area contributed by atoms with Gasteiger partial charge in [-0.1, -0.05) is 17.7 Å². The Morgan fingerprint density at radius 2 is 2.25 bits per heavy atom. The van der Waals surface area contributed by atoms with Gasteiger partial charge in [0.1, 0.15) is 12.4 Å². The Kier molecular flexibility index (Phi) is 3.59. The van der Waals surface area contributed by atoms with E-state index in [0.717, 1.165) is 11.2 Å². The molecule has 1 heterocycles. The molecule has 82 valence electrons. The third-order valence-corrected chi connectivity index (χ3v) is 3.13. The molecule has 2 aromatic rings. The van der Waals surface area contributed by atoms with Crippen LogP contribution in [0.25, 0.3) is 0 Å². The van der Waals surface area contributed by atoms with E-state index in [1.165, 1.54) is 0 Å². The highest BCUT2D eigenvalue weighted by Gasteiger charge is 2.04. The molecule has 4 heteroatoms. The predicted octanol–water partition coefficient (Wildman–Crippen LogP) is 3.79. The van der Waals surface area contributed by atoms with Crippen LogP contribution in [-0.2, 0) is 6.61 Å². The number of carbonyl (C=O) groups excluding carboxylic acids is 1. The van der Waals surface area contributed by atoms with Crippen molar-refractivity contribution in [3.63, 3.8) is 0 Å². The van der Waals surface area contributed by atoms with E-state index < -0.39 is 0 Å². The fourth-order valence-corrected chi connectivity index (χ4v) is 2.08. The lowest BCUT2D eigenvalue weighted by molar-refractivity contribution is 0.111. The molecular formula is C12H9ClO2S. The van der Waals surface area contributed by atoms with Crippen LogP contribution in [0.4, 0.5) is 0 Å². The molecule has 2 rings (SSSR count). The van der Waals surface area contributed by atoms with E-state index in [0.29, 0.717) is 22.9 Å². The van der Waals surface area contributed by atoms with Gasteiger partial charge in [0.25, 0.3) is 0 Å². The van der Waals surface area contributed by atoms with Crippen molar-refractivity contribution >= 4 is 29.2 Å². The number of ether oxygens (including phenoxy) is 1. The monoisotopic (exact) mass is 252 g/mol. The Morgan fingerprint density at radius 3 is 2.94 bits per heavy atom. The Morgan fingerprint density at radius 1 is 1.38 bits per heavy atom. The largest absolute Gasteiger partial charge is 0.487 e. The highest BCUT2D eigenvalue weighted by Crippen LogP contribution is 2.22. The zero-order valence-electron chi connectivity index (χ0n) is 8.35. The SMILES string of the molecule is O=Cc1cc(Cl)ccc1OCc1cccs1. The van der Waals surface area contributed by atoms with Crippen LogP contribution in [0.1, 0.15) is 15.2 Å². The number of halogens is 1. The first-order valence-corrected chi connectivity index (χ1v) is 5.95. The van der Waals surface area contributed by atoms with Crippen molar-refractivity contribution in [3.05, 3.63) is 51.2 Å². The van der Waals surface area contributed by atoms with Gasteiger partial charge >= 0.3 is 0 Å². The topological polar surface area (TPSA) is 26.3 Å². The van der Waals surface area contributed by atoms with Crippen LogP contribution in [0.3, 0.4) is 0 Å². The van der Waals surface area contributed by atoms with Gasteiger partial charge in [-0.25, -0.2) is 0 Å². The normalized spacial score (nSPS) is 10.1. The second-order valence-electron chi connectivity index (χ2n) is 3.17. The van der Waals surface area contributed by atoms with Crippen LogP contribution in [0.5, 0.6) is 5.75 Å². The maximum Gasteiger partial charge on any atom is 0.153 e. The Hall–Kier alpha value is -1.32. The molecule has 0 spiro atoms. The summed E-state index contributed by atoms with van der Waals surface area (Å²) >= 11 is 7.40. The molecule has 16 heavy (non-hydrogen) atoms. The van der Waals surface area contributed by atoms with Gasteiger partial charge in [0.15, 0.2) is 6.29 Å². The zero-order chi connectivity index (χ0) is 11.4. The van der Waals surface area contributed by atoms with Gasteiger partial charge in [-0.15, -0.1) is 11.3 Å². The standard InChI is InChI=1S/C12H9ClO2S/c13-10-3-4-12(9(6-10)7-14)15-8-11-2-1-5-16-11/h1-7H,8H2. The van der Waals surface area contributed by atoms with E-state index >= 15 is 0 Å². The summed E-state index contributed by atoms with van der Waals surface area (Å²) < 4.78 is 5.55. The van der Waals surface area contributed by atoms with E-state index in [9.17, 15) is 4.79 Å². The van der Waals surface area contributed by atoms with E-state index in [1.54, 1.807) is 29.5 Å². The van der Waals surface area contributed by atoms with Gasteiger partial charge in [-0.2, -0.15) is 0 Å². The minimum absolute atomic E-state index is 0.472. The zero-order valence-corrected chi connectivity index (χ0v) is 9.92. The minimum atomic E-state index is 0.472. The molecule has 1 aromatic carbocycles. The van der Waals surface area contributed by atoms with Gasteiger partial charge in [0, 0.05) is 9.90 Å². The first-order chi connectivity index (χ1) is 7.79. The molecule has 0 amide bonds. The fourth-order valence-electron chi connectivity index (χ4n) is 1.29. The summed E-state index contributed by atoms with van der Waals surface area (Å²) in [6.07, 6.45) is 0.746. The number of aldehydes is 1. The number of benzene rings is 1. The Labute approximate surface area is 102 Å². The van der Waals surface area contributed by atoms with E-state index in [-0.39, 0.29) is 0 Å². The molecule has 0 saturated carbocycles. The molecule has 0 N–H and O–H groups in total. The summed E-state index contributed by atoms with van der Waals surface area (Å²) in [5.74, 6) is 0.563. The minimum Gasteiger partial charge on any atom is -0.487 e. The fraction of sp³-hybridized carbons (Fsp3) is 0.0833. The van der Waals surface area contributed by atoms with Crippen molar-refractivity contribution in [3.8, 4) is 5.75 Å². The number of rotatable bonds is 4. The third kappa shape index (κ3) is 2.62. The number of hydrogen-bond acceptors (Lipinski definition) is 3. The van der Waals surface area contributed by atoms with E-state index in [4.69, 9.17) is 16.3 Å². The maximum absolute atomic E-state index is 10.8. The maximum atomic E-state index is 10.8. The molecule has 0 aliphatic carbocycles. The molecule has 0 atom stereocenters. The number of hydrogen-bond donors (Lipinski definition) is 0. The highest BCUT2D eigenvalue weighted by atomic mass is 35.5. The number of carbonyl (C=O) groups is 1. The summed E-state index contributed by atoms with van der Waals surface area (Å²) in [5.41, 5.74) is 0.476. The second-order valence-corrected chi connectivity index (χ2v) is 4.64. The van der Waals surface area contributed by atoms with Crippen LogP contribution in [-0.4, -0.2) is 6.29 Å². The molecule has 1 aromatic heterocycles. The molecular weight excluding hydrogens is 244 g/mol. The molecule has 0 aliphatic rings. The molecule has 0 radical (unpaired) electrons. The molecule has 2 nitrogen and oxygen atoms in total. The third-order valence-electron chi connectivity index (χ3n) is 2.05. The summed E-state index contributed by atoms with van der Waals surface area (Å²) in [7, 11) is 0. The Bertz CT molecular complexity index is 480. The van der Waals surface area contributed by atoms with Gasteiger partial charge in [0.2, 0.25) is 0 Å². The molecule has 0 saturated heterocycles. The van der Waals surface area contributed by atoms with Gasteiger partial charge < -0.3 is 4.74 Å². The quantitative estimate of drug-likeness (QED) is 0.774. The van der Waals surface area contributed by atoms with Gasteiger partial charge in [-0.3, -0.25) is 4.79 Å². The van der Waals surface area contributed by atoms with Crippen LogP contribution >= 0.6 is 22.9 Å². The summed E-state index contributed by atoms with van der Waals surface area (Å²) in [6.45, 7) is 0.472. The van der Waals surface area contributed by atoms with Crippen LogP contribution in [0.2, 0.25) is 5.02 Å². The molecule has 0 aliphatic heterocycles. The highest BCUT2D eigenvalue weighted by molar-refractivity contribution is 7.09. The van der Waals surface area contributed by atoms with Crippen LogP contribution in [0.15, 0.2) is 35.7 Å². The average Bonchev–Trinajstić information content (AvgIpc) is 2.80. The molecule has 0 unspecified atom stereocenters.